The highest BCUT2D eigenvalue weighted by Crippen LogP contribution is 2.33. The molecule has 158 valence electrons. The second kappa shape index (κ2) is 10.7. The van der Waals surface area contributed by atoms with E-state index in [4.69, 9.17) is 18.9 Å². The van der Waals surface area contributed by atoms with Crippen molar-refractivity contribution in [3.05, 3.63) is 83.4 Å². The lowest BCUT2D eigenvalue weighted by Crippen LogP contribution is -2.00. The molecule has 0 aliphatic rings. The van der Waals surface area contributed by atoms with Gasteiger partial charge in [-0.3, -0.25) is 0 Å². The molecule has 0 aliphatic heterocycles. The van der Waals surface area contributed by atoms with E-state index in [1.807, 2.05) is 67.6 Å². The number of allylic oxidation sites excluding steroid dienone is 1. The van der Waals surface area contributed by atoms with Crippen LogP contribution in [0.25, 0.3) is 11.6 Å². The van der Waals surface area contributed by atoms with Crippen LogP contribution in [0.4, 0.5) is 0 Å². The average Bonchev–Trinajstić information content (AvgIpc) is 2.82. The third-order valence-corrected chi connectivity index (χ3v) is 4.63. The van der Waals surface area contributed by atoms with Gasteiger partial charge >= 0.3 is 0 Å². The summed E-state index contributed by atoms with van der Waals surface area (Å²) in [6, 6.07) is 23.3. The fourth-order valence-electron chi connectivity index (χ4n) is 3.09. The molecule has 3 aromatic rings. The normalized spacial score (nSPS) is 10.8. The van der Waals surface area contributed by atoms with Crippen LogP contribution >= 0.6 is 0 Å². The van der Waals surface area contributed by atoms with Crippen molar-refractivity contribution < 1.29 is 18.9 Å². The molecule has 5 nitrogen and oxygen atoms in total. The van der Waals surface area contributed by atoms with Gasteiger partial charge < -0.3 is 18.9 Å². The van der Waals surface area contributed by atoms with Crippen molar-refractivity contribution in [1.82, 2.24) is 0 Å². The van der Waals surface area contributed by atoms with Crippen LogP contribution in [0.15, 0.2) is 66.7 Å². The topological polar surface area (TPSA) is 60.7 Å². The number of nitrogens with zero attached hydrogens (tertiary/aromatic N) is 1. The van der Waals surface area contributed by atoms with Crippen LogP contribution in [0, 0.1) is 11.3 Å². The molecule has 3 rings (SSSR count). The smallest absolute Gasteiger partial charge is 0.161 e. The Hall–Kier alpha value is -3.91. The van der Waals surface area contributed by atoms with E-state index in [2.05, 4.69) is 6.07 Å². The van der Waals surface area contributed by atoms with Gasteiger partial charge in [0.05, 0.1) is 32.5 Å². The minimum Gasteiger partial charge on any atom is -0.493 e. The van der Waals surface area contributed by atoms with Crippen molar-refractivity contribution >= 4 is 11.6 Å². The number of ether oxygens (including phenoxy) is 4. The average molecular weight is 415 g/mol. The van der Waals surface area contributed by atoms with Crippen LogP contribution in [-0.2, 0) is 6.61 Å². The maximum atomic E-state index is 9.72. The molecule has 5 heteroatoms. The SMILES string of the molecule is CCOc1cc(/C=C(\C#N)c2ccc(OC)c(OC)c2)ccc1OCc1ccccc1. The van der Waals surface area contributed by atoms with Crippen molar-refractivity contribution in [2.45, 2.75) is 13.5 Å². The fourth-order valence-corrected chi connectivity index (χ4v) is 3.09. The van der Waals surface area contributed by atoms with Crippen LogP contribution in [-0.4, -0.2) is 20.8 Å². The van der Waals surface area contributed by atoms with Crippen LogP contribution in [0.3, 0.4) is 0 Å². The van der Waals surface area contributed by atoms with E-state index < -0.39 is 0 Å². The van der Waals surface area contributed by atoms with Gasteiger partial charge in [-0.2, -0.15) is 5.26 Å². The first-order valence-electron chi connectivity index (χ1n) is 9.96. The van der Waals surface area contributed by atoms with E-state index in [0.29, 0.717) is 41.8 Å². The molecule has 0 amide bonds. The molecule has 0 spiro atoms. The summed E-state index contributed by atoms with van der Waals surface area (Å²) in [6.07, 6.45) is 1.81. The predicted octanol–water partition coefficient (Wildman–Crippen LogP) is 5.75. The summed E-state index contributed by atoms with van der Waals surface area (Å²) in [4.78, 5) is 0. The Kier molecular flexibility index (Phi) is 7.56. The Morgan fingerprint density at radius 3 is 2.26 bits per heavy atom. The molecule has 0 saturated heterocycles. The Bertz CT molecular complexity index is 1080. The van der Waals surface area contributed by atoms with Crippen molar-refractivity contribution in [3.63, 3.8) is 0 Å². The number of hydrogen-bond acceptors (Lipinski definition) is 5. The zero-order valence-corrected chi connectivity index (χ0v) is 17.9. The first-order chi connectivity index (χ1) is 15.2. The lowest BCUT2D eigenvalue weighted by molar-refractivity contribution is 0.269. The summed E-state index contributed by atoms with van der Waals surface area (Å²) >= 11 is 0. The summed E-state index contributed by atoms with van der Waals surface area (Å²) in [5, 5.41) is 9.72. The van der Waals surface area contributed by atoms with E-state index in [1.165, 1.54) is 0 Å². The largest absolute Gasteiger partial charge is 0.493 e. The van der Waals surface area contributed by atoms with Crippen LogP contribution < -0.4 is 18.9 Å². The molecule has 3 aromatic carbocycles. The molecule has 0 bridgehead atoms. The second-order valence-corrected chi connectivity index (χ2v) is 6.65. The zero-order valence-electron chi connectivity index (χ0n) is 17.9. The Labute approximate surface area is 183 Å². The van der Waals surface area contributed by atoms with Gasteiger partial charge in [0.15, 0.2) is 23.0 Å². The summed E-state index contributed by atoms with van der Waals surface area (Å²) in [5.41, 5.74) is 3.15. The predicted molar refractivity (Wildman–Crippen MR) is 121 cm³/mol. The van der Waals surface area contributed by atoms with Gasteiger partial charge in [0.1, 0.15) is 6.61 Å². The molecular weight excluding hydrogens is 390 g/mol. The number of nitriles is 1. The van der Waals surface area contributed by atoms with Gasteiger partial charge in [-0.05, 0) is 60.0 Å². The lowest BCUT2D eigenvalue weighted by Gasteiger charge is -2.13. The number of rotatable bonds is 9. The quantitative estimate of drug-likeness (QED) is 0.329. The van der Waals surface area contributed by atoms with Crippen LogP contribution in [0.2, 0.25) is 0 Å². The Morgan fingerprint density at radius 1 is 0.839 bits per heavy atom. The van der Waals surface area contributed by atoms with E-state index in [1.54, 1.807) is 26.4 Å². The maximum absolute atomic E-state index is 9.72. The molecule has 0 unspecified atom stereocenters. The molecule has 0 aromatic heterocycles. The van der Waals surface area contributed by atoms with Crippen molar-refractivity contribution in [1.29, 1.82) is 5.26 Å². The second-order valence-electron chi connectivity index (χ2n) is 6.65. The summed E-state index contributed by atoms with van der Waals surface area (Å²) in [6.45, 7) is 2.88. The molecule has 0 heterocycles. The third-order valence-electron chi connectivity index (χ3n) is 4.63. The van der Waals surface area contributed by atoms with Crippen molar-refractivity contribution in [2.75, 3.05) is 20.8 Å². The number of hydrogen-bond donors (Lipinski definition) is 0. The third kappa shape index (κ3) is 5.58. The van der Waals surface area contributed by atoms with E-state index in [9.17, 15) is 5.26 Å². The number of methoxy groups -OCH3 is 2. The first-order valence-corrected chi connectivity index (χ1v) is 9.96. The molecule has 0 radical (unpaired) electrons. The molecule has 0 atom stereocenters. The van der Waals surface area contributed by atoms with Gasteiger partial charge in [0.2, 0.25) is 0 Å². The highest BCUT2D eigenvalue weighted by Gasteiger charge is 2.10. The standard InChI is InChI=1S/C26H25NO4/c1-4-30-26-15-20(10-12-24(26)31-18-19-8-6-5-7-9-19)14-22(17-27)21-11-13-23(28-2)25(16-21)29-3/h5-16H,4,18H2,1-3H3/b22-14+. The highest BCUT2D eigenvalue weighted by molar-refractivity contribution is 5.90. The van der Waals surface area contributed by atoms with Gasteiger partial charge in [-0.15, -0.1) is 0 Å². The highest BCUT2D eigenvalue weighted by atomic mass is 16.5. The van der Waals surface area contributed by atoms with E-state index in [-0.39, 0.29) is 0 Å². The Morgan fingerprint density at radius 2 is 1.58 bits per heavy atom. The van der Waals surface area contributed by atoms with Gasteiger partial charge in [-0.1, -0.05) is 36.4 Å². The van der Waals surface area contributed by atoms with Crippen molar-refractivity contribution in [2.24, 2.45) is 0 Å². The maximum Gasteiger partial charge on any atom is 0.161 e. The fraction of sp³-hybridized carbons (Fsp3) is 0.192. The van der Waals surface area contributed by atoms with Crippen LogP contribution in [0.5, 0.6) is 23.0 Å². The van der Waals surface area contributed by atoms with Gasteiger partial charge in [0, 0.05) is 0 Å². The zero-order chi connectivity index (χ0) is 22.1. The summed E-state index contributed by atoms with van der Waals surface area (Å²) in [7, 11) is 3.15. The molecule has 31 heavy (non-hydrogen) atoms. The first kappa shape index (κ1) is 21.8. The number of benzene rings is 3. The molecule has 0 N–H and O–H groups in total. The lowest BCUT2D eigenvalue weighted by atomic mass is 10.0. The van der Waals surface area contributed by atoms with Crippen molar-refractivity contribution in [3.8, 4) is 29.1 Å². The van der Waals surface area contributed by atoms with E-state index >= 15 is 0 Å². The monoisotopic (exact) mass is 415 g/mol. The van der Waals surface area contributed by atoms with Gasteiger partial charge in [-0.25, -0.2) is 0 Å². The molecular formula is C26H25NO4. The molecule has 0 aliphatic carbocycles. The summed E-state index contributed by atoms with van der Waals surface area (Å²) < 4.78 is 22.4. The summed E-state index contributed by atoms with van der Waals surface area (Å²) in [5.74, 6) is 2.48. The minimum atomic E-state index is 0.450. The van der Waals surface area contributed by atoms with E-state index in [0.717, 1.165) is 16.7 Å². The molecule has 0 saturated carbocycles. The minimum absolute atomic E-state index is 0.450. The van der Waals surface area contributed by atoms with Gasteiger partial charge in [0.25, 0.3) is 0 Å². The molecule has 0 fully saturated rings. The van der Waals surface area contributed by atoms with Crippen LogP contribution in [0.1, 0.15) is 23.6 Å². The Balaban J connectivity index is 1.88.